The summed E-state index contributed by atoms with van der Waals surface area (Å²) in [6.45, 7) is 2.29. The Morgan fingerprint density at radius 3 is 2.59 bits per heavy atom. The van der Waals surface area contributed by atoms with Crippen molar-refractivity contribution in [2.24, 2.45) is 0 Å². The van der Waals surface area contributed by atoms with Gasteiger partial charge in [-0.1, -0.05) is 12.1 Å². The van der Waals surface area contributed by atoms with Crippen molar-refractivity contribution < 1.29 is 5.11 Å². The van der Waals surface area contributed by atoms with Crippen LogP contribution in [0.2, 0.25) is 0 Å². The Balaban J connectivity index is 2.36. The molecular formula is C13H12BrNO2. The molecule has 2 rings (SSSR count). The van der Waals surface area contributed by atoms with Crippen molar-refractivity contribution in [1.82, 2.24) is 4.57 Å². The second-order valence-corrected chi connectivity index (χ2v) is 4.86. The number of aromatic hydroxyl groups is 1. The number of hydrogen-bond acceptors (Lipinski definition) is 2. The molecule has 1 aromatic carbocycles. The quantitative estimate of drug-likeness (QED) is 0.925. The van der Waals surface area contributed by atoms with Gasteiger partial charge in [0.2, 0.25) is 0 Å². The maximum absolute atomic E-state index is 11.9. The maximum atomic E-state index is 11.9. The molecule has 3 nitrogen and oxygen atoms in total. The first-order valence-electron chi connectivity index (χ1n) is 5.21. The van der Waals surface area contributed by atoms with Crippen LogP contribution in [0.15, 0.2) is 45.8 Å². The second kappa shape index (κ2) is 4.75. The number of aromatic nitrogens is 1. The van der Waals surface area contributed by atoms with Gasteiger partial charge < -0.3 is 9.67 Å². The summed E-state index contributed by atoms with van der Waals surface area (Å²) in [7, 11) is 0. The van der Waals surface area contributed by atoms with Gasteiger partial charge in [-0.15, -0.1) is 0 Å². The summed E-state index contributed by atoms with van der Waals surface area (Å²) in [5.41, 5.74) is 1.68. The van der Waals surface area contributed by atoms with Crippen molar-refractivity contribution in [3.05, 3.63) is 62.5 Å². The molecule has 1 aromatic heterocycles. The van der Waals surface area contributed by atoms with Gasteiger partial charge in [0.15, 0.2) is 0 Å². The number of aryl methyl sites for hydroxylation is 1. The normalized spacial score (nSPS) is 10.5. The summed E-state index contributed by atoms with van der Waals surface area (Å²) in [4.78, 5) is 11.9. The number of nitrogens with zero attached hydrogens (tertiary/aromatic N) is 1. The SMILES string of the molecule is Cc1cc(Br)cn(Cc2ccc(O)cc2)c1=O. The van der Waals surface area contributed by atoms with Crippen LogP contribution in [0.3, 0.4) is 0 Å². The van der Waals surface area contributed by atoms with E-state index < -0.39 is 0 Å². The first kappa shape index (κ1) is 11.9. The lowest BCUT2D eigenvalue weighted by molar-refractivity contribution is 0.475. The Labute approximate surface area is 107 Å². The minimum absolute atomic E-state index is 0.00118. The summed E-state index contributed by atoms with van der Waals surface area (Å²) >= 11 is 3.37. The number of phenols is 1. The number of rotatable bonds is 2. The zero-order valence-corrected chi connectivity index (χ0v) is 10.9. The molecule has 0 aliphatic rings. The van der Waals surface area contributed by atoms with Crippen LogP contribution in [0.5, 0.6) is 5.75 Å². The van der Waals surface area contributed by atoms with Crippen molar-refractivity contribution in [1.29, 1.82) is 0 Å². The molecule has 0 spiro atoms. The van der Waals surface area contributed by atoms with Gasteiger partial charge in [0.25, 0.3) is 5.56 Å². The molecule has 0 bridgehead atoms. The first-order chi connectivity index (χ1) is 8.06. The molecule has 2 aromatic rings. The minimum Gasteiger partial charge on any atom is -0.508 e. The van der Waals surface area contributed by atoms with Crippen LogP contribution in [-0.4, -0.2) is 9.67 Å². The van der Waals surface area contributed by atoms with Crippen LogP contribution in [-0.2, 0) is 6.54 Å². The van der Waals surface area contributed by atoms with Gasteiger partial charge in [-0.05, 0) is 46.6 Å². The molecule has 0 unspecified atom stereocenters. The van der Waals surface area contributed by atoms with Crippen molar-refractivity contribution >= 4 is 15.9 Å². The third-order valence-corrected chi connectivity index (χ3v) is 2.95. The van der Waals surface area contributed by atoms with Gasteiger partial charge in [-0.25, -0.2) is 0 Å². The zero-order valence-electron chi connectivity index (χ0n) is 9.35. The van der Waals surface area contributed by atoms with E-state index in [1.54, 1.807) is 48.0 Å². The van der Waals surface area contributed by atoms with Gasteiger partial charge in [-0.2, -0.15) is 0 Å². The molecule has 0 fully saturated rings. The van der Waals surface area contributed by atoms with E-state index in [0.29, 0.717) is 12.1 Å². The molecule has 0 saturated heterocycles. The smallest absolute Gasteiger partial charge is 0.253 e. The zero-order chi connectivity index (χ0) is 12.4. The fraction of sp³-hybridized carbons (Fsp3) is 0.154. The highest BCUT2D eigenvalue weighted by Crippen LogP contribution is 2.12. The summed E-state index contributed by atoms with van der Waals surface area (Å²) in [6, 6.07) is 8.64. The van der Waals surface area contributed by atoms with E-state index in [-0.39, 0.29) is 11.3 Å². The van der Waals surface area contributed by atoms with E-state index in [1.807, 2.05) is 0 Å². The average Bonchev–Trinajstić information content (AvgIpc) is 2.28. The molecule has 4 heteroatoms. The van der Waals surface area contributed by atoms with Crippen LogP contribution in [0.25, 0.3) is 0 Å². The number of phenolic OH excluding ortho intramolecular Hbond substituents is 1. The Morgan fingerprint density at radius 1 is 1.29 bits per heavy atom. The van der Waals surface area contributed by atoms with E-state index >= 15 is 0 Å². The molecule has 1 heterocycles. The molecule has 0 aliphatic carbocycles. The highest BCUT2D eigenvalue weighted by atomic mass is 79.9. The molecule has 0 aliphatic heterocycles. The Hall–Kier alpha value is -1.55. The fourth-order valence-corrected chi connectivity index (χ4v) is 2.25. The summed E-state index contributed by atoms with van der Waals surface area (Å²) < 4.78 is 2.53. The fourth-order valence-electron chi connectivity index (χ4n) is 1.66. The predicted molar refractivity (Wildman–Crippen MR) is 70.3 cm³/mol. The van der Waals surface area contributed by atoms with Crippen LogP contribution >= 0.6 is 15.9 Å². The van der Waals surface area contributed by atoms with Gasteiger partial charge in [0, 0.05) is 16.2 Å². The molecule has 0 saturated carbocycles. The van der Waals surface area contributed by atoms with E-state index in [0.717, 1.165) is 10.0 Å². The van der Waals surface area contributed by atoms with Crippen LogP contribution in [0.1, 0.15) is 11.1 Å². The highest BCUT2D eigenvalue weighted by molar-refractivity contribution is 9.10. The molecule has 0 radical (unpaired) electrons. The summed E-state index contributed by atoms with van der Waals surface area (Å²) in [5.74, 6) is 0.228. The van der Waals surface area contributed by atoms with Gasteiger partial charge in [0.1, 0.15) is 5.75 Å². The van der Waals surface area contributed by atoms with Crippen LogP contribution in [0.4, 0.5) is 0 Å². The maximum Gasteiger partial charge on any atom is 0.253 e. The van der Waals surface area contributed by atoms with Gasteiger partial charge in [-0.3, -0.25) is 4.79 Å². The average molecular weight is 294 g/mol. The largest absolute Gasteiger partial charge is 0.508 e. The van der Waals surface area contributed by atoms with Gasteiger partial charge >= 0.3 is 0 Å². The number of benzene rings is 1. The molecule has 88 valence electrons. The molecule has 1 N–H and O–H groups in total. The Morgan fingerprint density at radius 2 is 1.94 bits per heavy atom. The number of halogens is 1. The Bertz CT molecular complexity index is 587. The lowest BCUT2D eigenvalue weighted by atomic mass is 10.2. The van der Waals surface area contributed by atoms with Crippen molar-refractivity contribution in [3.8, 4) is 5.75 Å². The summed E-state index contributed by atoms with van der Waals surface area (Å²) in [5, 5.41) is 9.19. The van der Waals surface area contributed by atoms with E-state index in [2.05, 4.69) is 15.9 Å². The molecule has 0 amide bonds. The lowest BCUT2D eigenvalue weighted by Crippen LogP contribution is -2.22. The van der Waals surface area contributed by atoms with E-state index in [1.165, 1.54) is 0 Å². The predicted octanol–water partition coefficient (Wildman–Crippen LogP) is 2.67. The van der Waals surface area contributed by atoms with E-state index in [4.69, 9.17) is 0 Å². The van der Waals surface area contributed by atoms with E-state index in [9.17, 15) is 9.90 Å². The van der Waals surface area contributed by atoms with Crippen molar-refractivity contribution in [3.63, 3.8) is 0 Å². The highest BCUT2D eigenvalue weighted by Gasteiger charge is 2.02. The topological polar surface area (TPSA) is 42.2 Å². The molecule has 17 heavy (non-hydrogen) atoms. The minimum atomic E-state index is 0.00118. The standard InChI is InChI=1S/C13H12BrNO2/c1-9-6-11(14)8-15(13(9)17)7-10-2-4-12(16)5-3-10/h2-6,8,16H,7H2,1H3. The lowest BCUT2D eigenvalue weighted by Gasteiger charge is -2.08. The third-order valence-electron chi connectivity index (χ3n) is 2.52. The summed E-state index contributed by atoms with van der Waals surface area (Å²) in [6.07, 6.45) is 1.77. The number of pyridine rings is 1. The number of hydrogen-bond donors (Lipinski definition) is 1. The third kappa shape index (κ3) is 2.77. The van der Waals surface area contributed by atoms with Gasteiger partial charge in [0.05, 0.1) is 6.54 Å². The first-order valence-corrected chi connectivity index (χ1v) is 6.00. The van der Waals surface area contributed by atoms with Crippen LogP contribution < -0.4 is 5.56 Å². The molecule has 0 atom stereocenters. The van der Waals surface area contributed by atoms with Crippen molar-refractivity contribution in [2.45, 2.75) is 13.5 Å². The van der Waals surface area contributed by atoms with Crippen LogP contribution in [0, 0.1) is 6.92 Å². The monoisotopic (exact) mass is 293 g/mol. The van der Waals surface area contributed by atoms with Crippen molar-refractivity contribution in [2.75, 3.05) is 0 Å². The second-order valence-electron chi connectivity index (χ2n) is 3.94. The Kier molecular flexibility index (Phi) is 3.33. The molecular weight excluding hydrogens is 282 g/mol.